The van der Waals surface area contributed by atoms with E-state index in [4.69, 9.17) is 0 Å². The van der Waals surface area contributed by atoms with Crippen molar-refractivity contribution in [3.63, 3.8) is 0 Å². The monoisotopic (exact) mass is 409 g/mol. The van der Waals surface area contributed by atoms with E-state index in [2.05, 4.69) is 39.5 Å². The average molecular weight is 410 g/mol. The molecule has 0 N–H and O–H groups in total. The van der Waals surface area contributed by atoms with Crippen molar-refractivity contribution < 1.29 is 0 Å². The van der Waals surface area contributed by atoms with Crippen molar-refractivity contribution in [2.45, 2.75) is 175 Å². The van der Waals surface area contributed by atoms with E-state index < -0.39 is 0 Å². The average Bonchev–Trinajstić information content (AvgIpc) is 2.72. The van der Waals surface area contributed by atoms with Crippen LogP contribution in [0, 0.1) is 0 Å². The Kier molecular flexibility index (Phi) is 22.6. The molecule has 0 radical (unpaired) electrons. The number of hydrogen-bond donors (Lipinski definition) is 0. The van der Waals surface area contributed by atoms with Gasteiger partial charge in [0.25, 0.3) is 0 Å². The third kappa shape index (κ3) is 18.4. The molecule has 0 spiro atoms. The zero-order valence-corrected chi connectivity index (χ0v) is 21.5. The maximum atomic E-state index is 2.88. The van der Waals surface area contributed by atoms with Gasteiger partial charge in [0.2, 0.25) is 0 Å². The van der Waals surface area contributed by atoms with Gasteiger partial charge in [0, 0.05) is 12.1 Å². The van der Waals surface area contributed by atoms with Crippen molar-refractivity contribution in [1.82, 2.24) is 4.90 Å². The van der Waals surface area contributed by atoms with Crippen LogP contribution >= 0.6 is 0 Å². The summed E-state index contributed by atoms with van der Waals surface area (Å²) < 4.78 is 0. The molecule has 0 aliphatic carbocycles. The van der Waals surface area contributed by atoms with Crippen LogP contribution in [0.4, 0.5) is 0 Å². The minimum atomic E-state index is 0.770. The van der Waals surface area contributed by atoms with Gasteiger partial charge in [-0.25, -0.2) is 0 Å². The molecular formula is C28H59N. The number of rotatable bonds is 23. The lowest BCUT2D eigenvalue weighted by Gasteiger charge is -2.35. The second-order valence-corrected chi connectivity index (χ2v) is 9.82. The topological polar surface area (TPSA) is 3.24 Å². The van der Waals surface area contributed by atoms with E-state index in [0.29, 0.717) is 0 Å². The number of unbranched alkanes of at least 4 members (excludes halogenated alkanes) is 15. The third-order valence-electron chi connectivity index (χ3n) is 6.85. The van der Waals surface area contributed by atoms with E-state index in [0.717, 1.165) is 12.1 Å². The van der Waals surface area contributed by atoms with Crippen molar-refractivity contribution >= 4 is 0 Å². The summed E-state index contributed by atoms with van der Waals surface area (Å²) in [5.41, 5.74) is 0. The second kappa shape index (κ2) is 22.6. The summed E-state index contributed by atoms with van der Waals surface area (Å²) in [5, 5.41) is 0. The highest BCUT2D eigenvalue weighted by molar-refractivity contribution is 4.74. The lowest BCUT2D eigenvalue weighted by atomic mass is 10.0. The van der Waals surface area contributed by atoms with Crippen molar-refractivity contribution in [3.05, 3.63) is 0 Å². The molecule has 0 saturated heterocycles. The predicted octanol–water partition coefficient (Wildman–Crippen LogP) is 9.93. The standard InChI is InChI=1S/C28H59N/c1-6-9-12-15-16-17-18-19-20-23-26-29(27(4)24-21-13-10-7-2)28(5)25-22-14-11-8-3/h27-28H,6-26H2,1-5H3. The summed E-state index contributed by atoms with van der Waals surface area (Å²) in [6.45, 7) is 13.3. The first kappa shape index (κ1) is 29.0. The van der Waals surface area contributed by atoms with E-state index in [1.807, 2.05) is 0 Å². The lowest BCUT2D eigenvalue weighted by Crippen LogP contribution is -2.41. The SMILES string of the molecule is CCCCCCCCCCCCN(C(C)CCCCCC)C(C)CCCCCC. The highest BCUT2D eigenvalue weighted by atomic mass is 15.2. The van der Waals surface area contributed by atoms with Crippen molar-refractivity contribution in [2.75, 3.05) is 6.54 Å². The summed E-state index contributed by atoms with van der Waals surface area (Å²) in [6, 6.07) is 1.54. The molecule has 2 unspecified atom stereocenters. The Morgan fingerprint density at radius 1 is 0.414 bits per heavy atom. The van der Waals surface area contributed by atoms with Crippen molar-refractivity contribution in [2.24, 2.45) is 0 Å². The van der Waals surface area contributed by atoms with E-state index in [1.165, 1.54) is 135 Å². The molecule has 0 amide bonds. The predicted molar refractivity (Wildman–Crippen MR) is 135 cm³/mol. The normalized spacial score (nSPS) is 13.9. The van der Waals surface area contributed by atoms with E-state index in [1.54, 1.807) is 0 Å². The Morgan fingerprint density at radius 2 is 0.724 bits per heavy atom. The molecule has 0 aliphatic heterocycles. The van der Waals surface area contributed by atoms with Gasteiger partial charge in [-0.3, -0.25) is 4.90 Å². The molecule has 0 aromatic rings. The molecule has 0 aromatic heterocycles. The van der Waals surface area contributed by atoms with E-state index in [-0.39, 0.29) is 0 Å². The molecule has 0 fully saturated rings. The molecule has 1 nitrogen and oxygen atoms in total. The van der Waals surface area contributed by atoms with Crippen LogP contribution in [0.5, 0.6) is 0 Å². The minimum absolute atomic E-state index is 0.770. The minimum Gasteiger partial charge on any atom is -0.298 e. The van der Waals surface area contributed by atoms with Gasteiger partial charge in [-0.15, -0.1) is 0 Å². The molecule has 0 bridgehead atoms. The highest BCUT2D eigenvalue weighted by Crippen LogP contribution is 2.19. The van der Waals surface area contributed by atoms with Crippen LogP contribution in [-0.4, -0.2) is 23.5 Å². The molecule has 0 saturated carbocycles. The molecular weight excluding hydrogens is 350 g/mol. The molecule has 0 aliphatic rings. The fourth-order valence-corrected chi connectivity index (χ4v) is 4.72. The first-order valence-corrected chi connectivity index (χ1v) is 13.9. The van der Waals surface area contributed by atoms with Crippen LogP contribution in [0.2, 0.25) is 0 Å². The Hall–Kier alpha value is -0.0400. The maximum Gasteiger partial charge on any atom is 0.00697 e. The molecule has 0 aromatic carbocycles. The number of nitrogens with zero attached hydrogens (tertiary/aromatic N) is 1. The van der Waals surface area contributed by atoms with Crippen LogP contribution in [0.15, 0.2) is 0 Å². The Balaban J connectivity index is 4.09. The van der Waals surface area contributed by atoms with E-state index >= 15 is 0 Å². The van der Waals surface area contributed by atoms with Gasteiger partial charge in [-0.1, -0.05) is 130 Å². The highest BCUT2D eigenvalue weighted by Gasteiger charge is 2.19. The molecule has 2 atom stereocenters. The second-order valence-electron chi connectivity index (χ2n) is 9.82. The fraction of sp³-hybridized carbons (Fsp3) is 1.00. The van der Waals surface area contributed by atoms with Gasteiger partial charge in [0.1, 0.15) is 0 Å². The summed E-state index contributed by atoms with van der Waals surface area (Å²) in [5.74, 6) is 0. The van der Waals surface area contributed by atoms with Crippen LogP contribution in [0.1, 0.15) is 163 Å². The summed E-state index contributed by atoms with van der Waals surface area (Å²) >= 11 is 0. The van der Waals surface area contributed by atoms with Crippen molar-refractivity contribution in [1.29, 1.82) is 0 Å². The first-order chi connectivity index (χ1) is 14.2. The fourth-order valence-electron chi connectivity index (χ4n) is 4.72. The van der Waals surface area contributed by atoms with Crippen molar-refractivity contribution in [3.8, 4) is 0 Å². The molecule has 29 heavy (non-hydrogen) atoms. The van der Waals surface area contributed by atoms with Gasteiger partial charge in [-0.2, -0.15) is 0 Å². The Labute approximate surface area is 186 Å². The molecule has 0 rings (SSSR count). The van der Waals surface area contributed by atoms with Crippen LogP contribution in [0.25, 0.3) is 0 Å². The third-order valence-corrected chi connectivity index (χ3v) is 6.85. The molecule has 176 valence electrons. The zero-order chi connectivity index (χ0) is 21.6. The van der Waals surface area contributed by atoms with Crippen LogP contribution < -0.4 is 0 Å². The van der Waals surface area contributed by atoms with Gasteiger partial charge >= 0.3 is 0 Å². The van der Waals surface area contributed by atoms with Gasteiger partial charge in [0.15, 0.2) is 0 Å². The smallest absolute Gasteiger partial charge is 0.00697 e. The molecule has 1 heteroatoms. The lowest BCUT2D eigenvalue weighted by molar-refractivity contribution is 0.132. The largest absolute Gasteiger partial charge is 0.298 e. The Morgan fingerprint density at radius 3 is 1.10 bits per heavy atom. The van der Waals surface area contributed by atoms with Crippen LogP contribution in [0.3, 0.4) is 0 Å². The van der Waals surface area contributed by atoms with E-state index in [9.17, 15) is 0 Å². The maximum absolute atomic E-state index is 2.88. The first-order valence-electron chi connectivity index (χ1n) is 13.9. The van der Waals surface area contributed by atoms with Gasteiger partial charge in [0.05, 0.1) is 0 Å². The Bertz CT molecular complexity index is 283. The molecule has 0 heterocycles. The van der Waals surface area contributed by atoms with Gasteiger partial charge < -0.3 is 0 Å². The summed E-state index contributed by atoms with van der Waals surface area (Å²) in [7, 11) is 0. The van der Waals surface area contributed by atoms with Crippen LogP contribution in [-0.2, 0) is 0 Å². The quantitative estimate of drug-likeness (QED) is 0.152. The summed E-state index contributed by atoms with van der Waals surface area (Å²) in [4.78, 5) is 2.88. The summed E-state index contributed by atoms with van der Waals surface area (Å²) in [6.07, 6.45) is 28.5. The van der Waals surface area contributed by atoms with Gasteiger partial charge in [-0.05, 0) is 39.7 Å². The zero-order valence-electron chi connectivity index (χ0n) is 21.5. The number of hydrogen-bond acceptors (Lipinski definition) is 1.